The van der Waals surface area contributed by atoms with Crippen molar-refractivity contribution in [1.82, 2.24) is 9.97 Å². The van der Waals surface area contributed by atoms with E-state index < -0.39 is 0 Å². The Bertz CT molecular complexity index is 593. The van der Waals surface area contributed by atoms with Crippen molar-refractivity contribution in [3.63, 3.8) is 0 Å². The SMILES string of the molecule is CCOc1ncnc(N(C)c2cc(C)cc(C)c2)c1N. The molecule has 0 spiro atoms. The molecule has 0 aliphatic carbocycles. The number of aryl methyl sites for hydroxylation is 2. The first-order valence-corrected chi connectivity index (χ1v) is 6.58. The van der Waals surface area contributed by atoms with E-state index in [1.807, 2.05) is 18.9 Å². The van der Waals surface area contributed by atoms with Crippen molar-refractivity contribution in [2.75, 3.05) is 24.3 Å². The average Bonchev–Trinajstić information content (AvgIpc) is 2.39. The fourth-order valence-corrected chi connectivity index (χ4v) is 2.16. The molecule has 1 heterocycles. The second kappa shape index (κ2) is 5.77. The maximum absolute atomic E-state index is 6.09. The maximum Gasteiger partial charge on any atom is 0.242 e. The minimum Gasteiger partial charge on any atom is -0.476 e. The molecule has 0 radical (unpaired) electrons. The Labute approximate surface area is 119 Å². The number of nitrogens with two attached hydrogens (primary N) is 1. The van der Waals surface area contributed by atoms with Crippen molar-refractivity contribution in [3.05, 3.63) is 35.7 Å². The van der Waals surface area contributed by atoms with Gasteiger partial charge in [0.15, 0.2) is 5.82 Å². The highest BCUT2D eigenvalue weighted by Gasteiger charge is 2.14. The first-order chi connectivity index (χ1) is 9.52. The topological polar surface area (TPSA) is 64.3 Å². The van der Waals surface area contributed by atoms with Crippen molar-refractivity contribution in [2.24, 2.45) is 0 Å². The normalized spacial score (nSPS) is 10.4. The lowest BCUT2D eigenvalue weighted by molar-refractivity contribution is 0.328. The van der Waals surface area contributed by atoms with E-state index in [2.05, 4.69) is 42.0 Å². The summed E-state index contributed by atoms with van der Waals surface area (Å²) in [6, 6.07) is 6.32. The Balaban J connectivity index is 2.42. The zero-order chi connectivity index (χ0) is 14.7. The Morgan fingerprint density at radius 3 is 2.40 bits per heavy atom. The molecule has 0 fully saturated rings. The highest BCUT2D eigenvalue weighted by molar-refractivity contribution is 5.74. The van der Waals surface area contributed by atoms with E-state index in [9.17, 15) is 0 Å². The van der Waals surface area contributed by atoms with Gasteiger partial charge in [0.2, 0.25) is 5.88 Å². The minimum atomic E-state index is 0.425. The summed E-state index contributed by atoms with van der Waals surface area (Å²) in [7, 11) is 1.93. The smallest absolute Gasteiger partial charge is 0.242 e. The summed E-state index contributed by atoms with van der Waals surface area (Å²) in [6.45, 7) is 6.56. The van der Waals surface area contributed by atoms with Crippen molar-refractivity contribution < 1.29 is 4.74 Å². The summed E-state index contributed by atoms with van der Waals surface area (Å²) < 4.78 is 5.41. The van der Waals surface area contributed by atoms with Crippen LogP contribution in [-0.4, -0.2) is 23.6 Å². The fraction of sp³-hybridized carbons (Fsp3) is 0.333. The number of ether oxygens (including phenoxy) is 1. The van der Waals surface area contributed by atoms with E-state index in [1.165, 1.54) is 17.5 Å². The molecular weight excluding hydrogens is 252 g/mol. The summed E-state index contributed by atoms with van der Waals surface area (Å²) in [5, 5.41) is 0. The molecule has 0 bridgehead atoms. The highest BCUT2D eigenvalue weighted by Crippen LogP contribution is 2.32. The van der Waals surface area contributed by atoms with E-state index in [-0.39, 0.29) is 0 Å². The van der Waals surface area contributed by atoms with E-state index in [0.717, 1.165) is 5.69 Å². The molecule has 1 aromatic carbocycles. The molecule has 20 heavy (non-hydrogen) atoms. The lowest BCUT2D eigenvalue weighted by atomic mass is 10.1. The van der Waals surface area contributed by atoms with Crippen LogP contribution in [0.25, 0.3) is 0 Å². The van der Waals surface area contributed by atoms with Crippen LogP contribution in [0.15, 0.2) is 24.5 Å². The van der Waals surface area contributed by atoms with Gasteiger partial charge in [-0.25, -0.2) is 4.98 Å². The third kappa shape index (κ3) is 2.82. The summed E-state index contributed by atoms with van der Waals surface area (Å²) in [5.41, 5.74) is 9.98. The summed E-state index contributed by atoms with van der Waals surface area (Å²) >= 11 is 0. The minimum absolute atomic E-state index is 0.425. The number of aromatic nitrogens is 2. The number of benzene rings is 1. The predicted molar refractivity (Wildman–Crippen MR) is 81.6 cm³/mol. The number of nitrogen functional groups attached to an aromatic ring is 1. The van der Waals surface area contributed by atoms with Crippen LogP contribution in [0.5, 0.6) is 5.88 Å². The molecule has 0 saturated carbocycles. The van der Waals surface area contributed by atoms with E-state index in [4.69, 9.17) is 10.5 Å². The Kier molecular flexibility index (Phi) is 4.08. The maximum atomic E-state index is 6.09. The van der Waals surface area contributed by atoms with E-state index in [1.54, 1.807) is 0 Å². The first kappa shape index (κ1) is 14.1. The number of nitrogens with zero attached hydrogens (tertiary/aromatic N) is 3. The molecular formula is C15H20N4O. The fourth-order valence-electron chi connectivity index (χ4n) is 2.16. The van der Waals surface area contributed by atoms with Crippen LogP contribution in [0.4, 0.5) is 17.2 Å². The second-order valence-electron chi connectivity index (χ2n) is 4.75. The van der Waals surface area contributed by atoms with Gasteiger partial charge in [-0.2, -0.15) is 4.98 Å². The van der Waals surface area contributed by atoms with Crippen molar-refractivity contribution in [3.8, 4) is 5.88 Å². The zero-order valence-corrected chi connectivity index (χ0v) is 12.3. The molecule has 2 N–H and O–H groups in total. The summed E-state index contributed by atoms with van der Waals surface area (Å²) in [5.74, 6) is 1.07. The standard InChI is InChI=1S/C15H20N4O/c1-5-20-15-13(16)14(17-9-18-15)19(4)12-7-10(2)6-11(3)8-12/h6-9H,5,16H2,1-4H3. The lowest BCUT2D eigenvalue weighted by Gasteiger charge is -2.21. The molecule has 0 aliphatic heterocycles. The van der Waals surface area contributed by atoms with Crippen molar-refractivity contribution >= 4 is 17.2 Å². The number of hydrogen-bond acceptors (Lipinski definition) is 5. The number of hydrogen-bond donors (Lipinski definition) is 1. The Hall–Kier alpha value is -2.30. The predicted octanol–water partition coefficient (Wildman–Crippen LogP) is 2.84. The molecule has 0 atom stereocenters. The number of anilines is 3. The first-order valence-electron chi connectivity index (χ1n) is 6.58. The Morgan fingerprint density at radius 1 is 1.15 bits per heavy atom. The molecule has 0 aliphatic rings. The van der Waals surface area contributed by atoms with Crippen LogP contribution in [-0.2, 0) is 0 Å². The number of rotatable bonds is 4. The van der Waals surface area contributed by atoms with Crippen LogP contribution in [0.1, 0.15) is 18.1 Å². The van der Waals surface area contributed by atoms with Gasteiger partial charge >= 0.3 is 0 Å². The van der Waals surface area contributed by atoms with Gasteiger partial charge in [-0.05, 0) is 44.0 Å². The van der Waals surface area contributed by atoms with Crippen molar-refractivity contribution in [2.45, 2.75) is 20.8 Å². The van der Waals surface area contributed by atoms with Crippen LogP contribution in [0, 0.1) is 13.8 Å². The monoisotopic (exact) mass is 272 g/mol. The third-order valence-corrected chi connectivity index (χ3v) is 3.02. The van der Waals surface area contributed by atoms with Gasteiger partial charge in [0, 0.05) is 12.7 Å². The molecule has 1 aromatic heterocycles. The van der Waals surface area contributed by atoms with Crippen LogP contribution < -0.4 is 15.4 Å². The van der Waals surface area contributed by atoms with Gasteiger partial charge in [-0.15, -0.1) is 0 Å². The van der Waals surface area contributed by atoms with E-state index >= 15 is 0 Å². The largest absolute Gasteiger partial charge is 0.476 e. The van der Waals surface area contributed by atoms with Crippen LogP contribution in [0.3, 0.4) is 0 Å². The lowest BCUT2D eigenvalue weighted by Crippen LogP contribution is -2.15. The van der Waals surface area contributed by atoms with Crippen LogP contribution in [0.2, 0.25) is 0 Å². The highest BCUT2D eigenvalue weighted by atomic mass is 16.5. The van der Waals surface area contributed by atoms with Gasteiger partial charge in [-0.3, -0.25) is 0 Å². The molecule has 2 aromatic rings. The molecule has 5 heteroatoms. The molecule has 0 unspecified atom stereocenters. The Morgan fingerprint density at radius 2 is 1.80 bits per heavy atom. The molecule has 106 valence electrons. The van der Waals surface area contributed by atoms with Gasteiger partial charge in [0.25, 0.3) is 0 Å². The average molecular weight is 272 g/mol. The molecule has 2 rings (SSSR count). The molecule has 0 amide bonds. The van der Waals surface area contributed by atoms with Gasteiger partial charge in [-0.1, -0.05) is 6.07 Å². The van der Waals surface area contributed by atoms with Crippen molar-refractivity contribution in [1.29, 1.82) is 0 Å². The van der Waals surface area contributed by atoms with Gasteiger partial charge in [0.1, 0.15) is 12.0 Å². The van der Waals surface area contributed by atoms with Crippen LogP contribution >= 0.6 is 0 Å². The van der Waals surface area contributed by atoms with E-state index in [0.29, 0.717) is 24.0 Å². The molecule has 5 nitrogen and oxygen atoms in total. The van der Waals surface area contributed by atoms with Gasteiger partial charge < -0.3 is 15.4 Å². The van der Waals surface area contributed by atoms with Gasteiger partial charge in [0.05, 0.1) is 6.61 Å². The molecule has 0 saturated heterocycles. The third-order valence-electron chi connectivity index (χ3n) is 3.02. The summed E-state index contributed by atoms with van der Waals surface area (Å²) in [4.78, 5) is 10.3. The summed E-state index contributed by atoms with van der Waals surface area (Å²) in [6.07, 6.45) is 1.47. The second-order valence-corrected chi connectivity index (χ2v) is 4.75. The quantitative estimate of drug-likeness (QED) is 0.927. The zero-order valence-electron chi connectivity index (χ0n) is 12.3.